The smallest absolute Gasteiger partial charge is 0.214 e. The summed E-state index contributed by atoms with van der Waals surface area (Å²) in [6.07, 6.45) is 5.74. The molecule has 1 unspecified atom stereocenters. The number of likely N-dealkylation sites (tertiary alicyclic amines) is 1. The fourth-order valence-corrected chi connectivity index (χ4v) is 4.98. The number of pyridine rings is 1. The van der Waals surface area contributed by atoms with Gasteiger partial charge >= 0.3 is 0 Å². The highest BCUT2D eigenvalue weighted by atomic mass is 32.2. The number of hydrogen-bond acceptors (Lipinski definition) is 6. The molecule has 3 N–H and O–H groups in total. The van der Waals surface area contributed by atoms with Gasteiger partial charge in [0.25, 0.3) is 0 Å². The van der Waals surface area contributed by atoms with Crippen molar-refractivity contribution in [1.82, 2.24) is 29.6 Å². The van der Waals surface area contributed by atoms with Crippen LogP contribution in [0.3, 0.4) is 0 Å². The standard InChI is InChI=1S/C20H27N7O2S/c1-13(2)30(28,29)26-17(14-5-10-27(11-6-14)9-3-7-21)20-24-16-12-23-19-15(4-8-22-19)18(16)25-20/h4,8,12-14,17,26H,3,5-6,9-11H2,1-2H3,(H,22,23)(H,24,25). The van der Waals surface area contributed by atoms with E-state index < -0.39 is 21.3 Å². The second-order valence-electron chi connectivity index (χ2n) is 8.16. The highest BCUT2D eigenvalue weighted by molar-refractivity contribution is 7.90. The van der Waals surface area contributed by atoms with Crippen LogP contribution in [-0.2, 0) is 10.0 Å². The number of hydrogen-bond donors (Lipinski definition) is 3. The molecule has 0 radical (unpaired) electrons. The Labute approximate surface area is 175 Å². The highest BCUT2D eigenvalue weighted by Gasteiger charge is 2.33. The van der Waals surface area contributed by atoms with E-state index >= 15 is 0 Å². The summed E-state index contributed by atoms with van der Waals surface area (Å²) < 4.78 is 28.4. The number of nitrogens with one attached hydrogen (secondary N) is 3. The van der Waals surface area contributed by atoms with Crippen LogP contribution < -0.4 is 4.72 Å². The van der Waals surface area contributed by atoms with Gasteiger partial charge < -0.3 is 14.9 Å². The zero-order valence-electron chi connectivity index (χ0n) is 17.2. The van der Waals surface area contributed by atoms with Crippen LogP contribution in [0, 0.1) is 17.2 Å². The minimum atomic E-state index is -3.48. The van der Waals surface area contributed by atoms with Gasteiger partial charge in [0.15, 0.2) is 0 Å². The van der Waals surface area contributed by atoms with Crippen LogP contribution in [-0.4, -0.2) is 58.1 Å². The van der Waals surface area contributed by atoms with Crippen LogP contribution >= 0.6 is 0 Å². The molecule has 4 heterocycles. The van der Waals surface area contributed by atoms with Crippen molar-refractivity contribution in [2.75, 3.05) is 19.6 Å². The zero-order chi connectivity index (χ0) is 21.3. The van der Waals surface area contributed by atoms with Gasteiger partial charge in [-0.2, -0.15) is 5.26 Å². The minimum Gasteiger partial charge on any atom is -0.346 e. The molecular weight excluding hydrogens is 402 g/mol. The maximum absolute atomic E-state index is 12.7. The summed E-state index contributed by atoms with van der Waals surface area (Å²) in [6, 6.07) is 3.68. The molecule has 30 heavy (non-hydrogen) atoms. The first kappa shape index (κ1) is 20.8. The van der Waals surface area contributed by atoms with E-state index in [-0.39, 0.29) is 5.92 Å². The molecule has 1 saturated heterocycles. The van der Waals surface area contributed by atoms with Crippen LogP contribution in [0.25, 0.3) is 22.1 Å². The van der Waals surface area contributed by atoms with Crippen molar-refractivity contribution < 1.29 is 8.42 Å². The van der Waals surface area contributed by atoms with Gasteiger partial charge in [0.2, 0.25) is 10.0 Å². The van der Waals surface area contributed by atoms with E-state index in [9.17, 15) is 8.42 Å². The normalized spacial score (nSPS) is 17.7. The molecule has 10 heteroatoms. The van der Waals surface area contributed by atoms with Crippen molar-refractivity contribution in [2.45, 2.75) is 44.4 Å². The Bertz CT molecular complexity index is 1170. The number of aromatic nitrogens is 4. The predicted octanol–water partition coefficient (Wildman–Crippen LogP) is 2.43. The molecule has 9 nitrogen and oxygen atoms in total. The van der Waals surface area contributed by atoms with E-state index in [1.807, 2.05) is 12.3 Å². The van der Waals surface area contributed by atoms with E-state index in [2.05, 4.69) is 30.6 Å². The number of nitrogens with zero attached hydrogens (tertiary/aromatic N) is 4. The predicted molar refractivity (Wildman–Crippen MR) is 115 cm³/mol. The molecule has 0 aliphatic carbocycles. The fourth-order valence-electron chi connectivity index (χ4n) is 4.05. The minimum absolute atomic E-state index is 0.118. The maximum Gasteiger partial charge on any atom is 0.214 e. The molecule has 3 aromatic heterocycles. The van der Waals surface area contributed by atoms with E-state index in [0.717, 1.165) is 54.5 Å². The lowest BCUT2D eigenvalue weighted by Gasteiger charge is -2.35. The lowest BCUT2D eigenvalue weighted by Crippen LogP contribution is -2.43. The van der Waals surface area contributed by atoms with Gasteiger partial charge in [-0.25, -0.2) is 23.1 Å². The Kier molecular flexibility index (Phi) is 5.77. The molecular formula is C20H27N7O2S. The molecule has 160 valence electrons. The molecule has 1 atom stereocenters. The summed E-state index contributed by atoms with van der Waals surface area (Å²) in [5.74, 6) is 0.743. The van der Waals surface area contributed by atoms with Gasteiger partial charge in [-0.15, -0.1) is 0 Å². The van der Waals surface area contributed by atoms with Crippen LogP contribution in [0.15, 0.2) is 18.5 Å². The monoisotopic (exact) mass is 429 g/mol. The average Bonchev–Trinajstić information content (AvgIpc) is 3.37. The maximum atomic E-state index is 12.7. The van der Waals surface area contributed by atoms with E-state index in [1.54, 1.807) is 20.0 Å². The Hall–Kier alpha value is -2.48. The number of rotatable bonds is 7. The molecule has 0 saturated carbocycles. The van der Waals surface area contributed by atoms with E-state index in [1.165, 1.54) is 0 Å². The highest BCUT2D eigenvalue weighted by Crippen LogP contribution is 2.32. The second-order valence-corrected chi connectivity index (χ2v) is 10.4. The summed E-state index contributed by atoms with van der Waals surface area (Å²) in [5.41, 5.74) is 2.33. The zero-order valence-corrected chi connectivity index (χ0v) is 18.0. The van der Waals surface area contributed by atoms with Crippen molar-refractivity contribution in [3.8, 4) is 6.07 Å². The van der Waals surface area contributed by atoms with Gasteiger partial charge in [-0.3, -0.25) is 0 Å². The SMILES string of the molecule is CC(C)S(=O)(=O)NC(c1nc2c(cnc3[nH]ccc32)[nH]1)C1CCN(CCC#N)CC1. The van der Waals surface area contributed by atoms with Gasteiger partial charge in [0.1, 0.15) is 17.0 Å². The van der Waals surface area contributed by atoms with E-state index in [4.69, 9.17) is 10.2 Å². The molecule has 3 aromatic rings. The molecule has 1 aliphatic rings. The quantitative estimate of drug-likeness (QED) is 0.529. The van der Waals surface area contributed by atoms with Crippen molar-refractivity contribution in [2.24, 2.45) is 5.92 Å². The van der Waals surface area contributed by atoms with Crippen molar-refractivity contribution >= 4 is 32.1 Å². The summed E-state index contributed by atoms with van der Waals surface area (Å²) in [5, 5.41) is 9.20. The van der Waals surface area contributed by atoms with Gasteiger partial charge in [-0.1, -0.05) is 0 Å². The number of nitriles is 1. The lowest BCUT2D eigenvalue weighted by molar-refractivity contribution is 0.165. The third-order valence-corrected chi connectivity index (χ3v) is 7.73. The molecule has 0 bridgehead atoms. The van der Waals surface area contributed by atoms with Crippen molar-refractivity contribution in [1.29, 1.82) is 5.26 Å². The third kappa shape index (κ3) is 4.05. The average molecular weight is 430 g/mol. The Balaban J connectivity index is 1.66. The van der Waals surface area contributed by atoms with Crippen LogP contribution in [0.1, 0.15) is 45.0 Å². The number of imidazole rings is 1. The molecule has 0 aromatic carbocycles. The summed E-state index contributed by atoms with van der Waals surface area (Å²) in [6.45, 7) is 5.80. The lowest BCUT2D eigenvalue weighted by atomic mass is 9.89. The first-order valence-electron chi connectivity index (χ1n) is 10.3. The summed E-state index contributed by atoms with van der Waals surface area (Å²) in [7, 11) is -3.48. The largest absolute Gasteiger partial charge is 0.346 e. The number of piperidine rings is 1. The number of sulfonamides is 1. The Morgan fingerprint density at radius 1 is 1.37 bits per heavy atom. The fraction of sp³-hybridized carbons (Fsp3) is 0.550. The van der Waals surface area contributed by atoms with Crippen molar-refractivity contribution in [3.63, 3.8) is 0 Å². The number of aromatic amines is 2. The van der Waals surface area contributed by atoms with Gasteiger partial charge in [-0.05, 0) is 51.8 Å². The summed E-state index contributed by atoms with van der Waals surface area (Å²) in [4.78, 5) is 17.9. The van der Waals surface area contributed by atoms with Crippen molar-refractivity contribution in [3.05, 3.63) is 24.3 Å². The first-order chi connectivity index (χ1) is 14.4. The number of fused-ring (bicyclic) bond motifs is 3. The Morgan fingerprint density at radius 3 is 2.83 bits per heavy atom. The number of H-pyrrole nitrogens is 2. The van der Waals surface area contributed by atoms with Gasteiger partial charge in [0, 0.05) is 24.5 Å². The van der Waals surface area contributed by atoms with E-state index in [0.29, 0.717) is 12.2 Å². The van der Waals surface area contributed by atoms with Gasteiger partial charge in [0.05, 0.1) is 29.1 Å². The van der Waals surface area contributed by atoms with Crippen LogP contribution in [0.4, 0.5) is 0 Å². The topological polar surface area (TPSA) is 131 Å². The summed E-state index contributed by atoms with van der Waals surface area (Å²) >= 11 is 0. The third-order valence-electron chi connectivity index (χ3n) is 5.90. The second kappa shape index (κ2) is 8.34. The molecule has 1 fully saturated rings. The molecule has 4 rings (SSSR count). The Morgan fingerprint density at radius 2 is 2.13 bits per heavy atom. The van der Waals surface area contributed by atoms with Crippen LogP contribution in [0.2, 0.25) is 0 Å². The molecule has 1 aliphatic heterocycles. The molecule has 0 amide bonds. The van der Waals surface area contributed by atoms with Crippen LogP contribution in [0.5, 0.6) is 0 Å². The first-order valence-corrected chi connectivity index (χ1v) is 11.9. The molecule has 0 spiro atoms.